The molecular weight excluding hydrogens is 252 g/mol. The van der Waals surface area contributed by atoms with Crippen molar-refractivity contribution in [2.45, 2.75) is 58.5 Å². The molecular formula is C16H28N2S. The fraction of sp³-hybridized carbons (Fsp3) is 0.750. The summed E-state index contributed by atoms with van der Waals surface area (Å²) in [5, 5.41) is 3.64. The van der Waals surface area contributed by atoms with Crippen LogP contribution in [0, 0.1) is 6.92 Å². The molecule has 0 spiro atoms. The molecule has 108 valence electrons. The van der Waals surface area contributed by atoms with E-state index in [4.69, 9.17) is 0 Å². The molecule has 1 aliphatic heterocycles. The maximum absolute atomic E-state index is 3.64. The van der Waals surface area contributed by atoms with E-state index in [1.807, 2.05) is 11.3 Å². The Kier molecular flexibility index (Phi) is 5.86. The second-order valence-electron chi connectivity index (χ2n) is 5.77. The first kappa shape index (κ1) is 15.0. The zero-order valence-electron chi connectivity index (χ0n) is 12.6. The van der Waals surface area contributed by atoms with E-state index in [0.717, 1.165) is 0 Å². The van der Waals surface area contributed by atoms with Crippen molar-refractivity contribution in [3.8, 4) is 0 Å². The lowest BCUT2D eigenvalue weighted by atomic mass is 10.1. The number of rotatable bonds is 7. The lowest BCUT2D eigenvalue weighted by molar-refractivity contribution is 0.192. The first-order chi connectivity index (χ1) is 9.20. The van der Waals surface area contributed by atoms with Crippen molar-refractivity contribution < 1.29 is 0 Å². The summed E-state index contributed by atoms with van der Waals surface area (Å²) in [6, 6.07) is 5.83. The SMILES string of the molecule is CCCCN(CC1CCCN1)C(C)c1ccc(C)s1. The van der Waals surface area contributed by atoms with Gasteiger partial charge >= 0.3 is 0 Å². The van der Waals surface area contributed by atoms with Gasteiger partial charge in [-0.15, -0.1) is 11.3 Å². The van der Waals surface area contributed by atoms with Crippen molar-refractivity contribution >= 4 is 11.3 Å². The summed E-state index contributed by atoms with van der Waals surface area (Å²) in [5.74, 6) is 0. The average molecular weight is 280 g/mol. The third kappa shape index (κ3) is 4.30. The molecule has 1 aromatic heterocycles. The molecule has 1 aromatic rings. The first-order valence-corrected chi connectivity index (χ1v) is 8.56. The molecule has 2 unspecified atom stereocenters. The smallest absolute Gasteiger partial charge is 0.0414 e. The summed E-state index contributed by atoms with van der Waals surface area (Å²) in [4.78, 5) is 5.63. The Labute approximate surface area is 122 Å². The van der Waals surface area contributed by atoms with Gasteiger partial charge in [-0.1, -0.05) is 13.3 Å². The van der Waals surface area contributed by atoms with Gasteiger partial charge in [0.05, 0.1) is 0 Å². The second-order valence-corrected chi connectivity index (χ2v) is 7.09. The summed E-state index contributed by atoms with van der Waals surface area (Å²) >= 11 is 1.95. The number of nitrogens with zero attached hydrogens (tertiary/aromatic N) is 1. The number of hydrogen-bond donors (Lipinski definition) is 1. The van der Waals surface area contributed by atoms with Crippen LogP contribution in [0.3, 0.4) is 0 Å². The van der Waals surface area contributed by atoms with Crippen LogP contribution >= 0.6 is 11.3 Å². The molecule has 2 nitrogen and oxygen atoms in total. The van der Waals surface area contributed by atoms with Crippen molar-refractivity contribution in [1.82, 2.24) is 10.2 Å². The predicted octanol–water partition coefficient (Wildman–Crippen LogP) is 3.97. The van der Waals surface area contributed by atoms with E-state index in [1.54, 1.807) is 0 Å². The summed E-state index contributed by atoms with van der Waals surface area (Å²) in [7, 11) is 0. The van der Waals surface area contributed by atoms with Gasteiger partial charge in [-0.25, -0.2) is 0 Å². The number of unbranched alkanes of at least 4 members (excludes halogenated alkanes) is 1. The molecule has 0 radical (unpaired) electrons. The standard InChI is InChI=1S/C16H28N2S/c1-4-5-11-18(12-15-7-6-10-17-15)14(3)16-9-8-13(2)19-16/h8-9,14-15,17H,4-7,10-12H2,1-3H3. The molecule has 1 aliphatic rings. The molecule has 0 aromatic carbocycles. The van der Waals surface area contributed by atoms with Crippen LogP contribution in [0.2, 0.25) is 0 Å². The monoisotopic (exact) mass is 280 g/mol. The van der Waals surface area contributed by atoms with E-state index >= 15 is 0 Å². The summed E-state index contributed by atoms with van der Waals surface area (Å²) in [5.41, 5.74) is 0. The van der Waals surface area contributed by atoms with E-state index in [2.05, 4.69) is 43.1 Å². The summed E-state index contributed by atoms with van der Waals surface area (Å²) in [6.07, 6.45) is 5.28. The topological polar surface area (TPSA) is 15.3 Å². The lowest BCUT2D eigenvalue weighted by Gasteiger charge is -2.31. The van der Waals surface area contributed by atoms with Crippen molar-refractivity contribution in [1.29, 1.82) is 0 Å². The largest absolute Gasteiger partial charge is 0.313 e. The first-order valence-electron chi connectivity index (χ1n) is 7.74. The van der Waals surface area contributed by atoms with Crippen LogP contribution in [0.5, 0.6) is 0 Å². The fourth-order valence-electron chi connectivity index (χ4n) is 2.86. The average Bonchev–Trinajstić information content (AvgIpc) is 3.05. The van der Waals surface area contributed by atoms with Gasteiger partial charge in [-0.05, 0) is 58.3 Å². The normalized spacial score (nSPS) is 21.2. The van der Waals surface area contributed by atoms with Gasteiger partial charge in [-0.3, -0.25) is 4.90 Å². The Morgan fingerprint density at radius 2 is 2.32 bits per heavy atom. The number of aryl methyl sites for hydroxylation is 1. The molecule has 1 fully saturated rings. The van der Waals surface area contributed by atoms with E-state index in [9.17, 15) is 0 Å². The highest BCUT2D eigenvalue weighted by molar-refractivity contribution is 7.12. The summed E-state index contributed by atoms with van der Waals surface area (Å²) < 4.78 is 0. The molecule has 1 saturated heterocycles. The molecule has 2 rings (SSSR count). The highest BCUT2D eigenvalue weighted by Crippen LogP contribution is 2.28. The Balaban J connectivity index is 1.98. The molecule has 0 saturated carbocycles. The Bertz CT molecular complexity index is 369. The van der Waals surface area contributed by atoms with Crippen LogP contribution in [-0.4, -0.2) is 30.6 Å². The molecule has 1 N–H and O–H groups in total. The Morgan fingerprint density at radius 1 is 1.47 bits per heavy atom. The van der Waals surface area contributed by atoms with Crippen LogP contribution in [0.1, 0.15) is 55.3 Å². The van der Waals surface area contributed by atoms with Crippen molar-refractivity contribution in [3.63, 3.8) is 0 Å². The minimum absolute atomic E-state index is 0.563. The molecule has 2 heterocycles. The van der Waals surface area contributed by atoms with Crippen molar-refractivity contribution in [3.05, 3.63) is 21.9 Å². The maximum atomic E-state index is 3.64. The van der Waals surface area contributed by atoms with Crippen LogP contribution in [0.4, 0.5) is 0 Å². The molecule has 0 aliphatic carbocycles. The fourth-order valence-corrected chi connectivity index (χ4v) is 3.82. The third-order valence-corrected chi connectivity index (χ3v) is 5.31. The quantitative estimate of drug-likeness (QED) is 0.813. The minimum atomic E-state index is 0.563. The van der Waals surface area contributed by atoms with E-state index < -0.39 is 0 Å². The minimum Gasteiger partial charge on any atom is -0.313 e. The third-order valence-electron chi connectivity index (χ3n) is 4.14. The Morgan fingerprint density at radius 3 is 2.89 bits per heavy atom. The van der Waals surface area contributed by atoms with Crippen molar-refractivity contribution in [2.75, 3.05) is 19.6 Å². The Hall–Kier alpha value is -0.380. The van der Waals surface area contributed by atoms with Gasteiger partial charge in [-0.2, -0.15) is 0 Å². The molecule has 0 bridgehead atoms. The highest BCUT2D eigenvalue weighted by Gasteiger charge is 2.22. The lowest BCUT2D eigenvalue weighted by Crippen LogP contribution is -2.39. The molecule has 19 heavy (non-hydrogen) atoms. The highest BCUT2D eigenvalue weighted by atomic mass is 32.1. The van der Waals surface area contributed by atoms with Crippen LogP contribution in [-0.2, 0) is 0 Å². The van der Waals surface area contributed by atoms with E-state index in [1.165, 1.54) is 55.1 Å². The van der Waals surface area contributed by atoms with Crippen molar-refractivity contribution in [2.24, 2.45) is 0 Å². The van der Waals surface area contributed by atoms with Gasteiger partial charge in [0.25, 0.3) is 0 Å². The van der Waals surface area contributed by atoms with E-state index in [-0.39, 0.29) is 0 Å². The maximum Gasteiger partial charge on any atom is 0.0414 e. The number of hydrogen-bond acceptors (Lipinski definition) is 3. The zero-order chi connectivity index (χ0) is 13.7. The molecule has 3 heteroatoms. The molecule has 0 amide bonds. The van der Waals surface area contributed by atoms with Crippen LogP contribution < -0.4 is 5.32 Å². The second kappa shape index (κ2) is 7.41. The van der Waals surface area contributed by atoms with E-state index in [0.29, 0.717) is 12.1 Å². The van der Waals surface area contributed by atoms with Gasteiger partial charge in [0, 0.05) is 28.4 Å². The van der Waals surface area contributed by atoms with Crippen LogP contribution in [0.15, 0.2) is 12.1 Å². The predicted molar refractivity (Wildman–Crippen MR) is 85.0 cm³/mol. The van der Waals surface area contributed by atoms with Gasteiger partial charge in [0.15, 0.2) is 0 Å². The zero-order valence-corrected chi connectivity index (χ0v) is 13.4. The van der Waals surface area contributed by atoms with Gasteiger partial charge < -0.3 is 5.32 Å². The summed E-state index contributed by atoms with van der Waals surface area (Å²) in [6.45, 7) is 10.5. The van der Waals surface area contributed by atoms with Gasteiger partial charge in [0.2, 0.25) is 0 Å². The molecule has 2 atom stereocenters. The van der Waals surface area contributed by atoms with Gasteiger partial charge in [0.1, 0.15) is 0 Å². The van der Waals surface area contributed by atoms with Crippen LogP contribution in [0.25, 0.3) is 0 Å². The number of thiophene rings is 1. The number of nitrogens with one attached hydrogen (secondary N) is 1.